The molecule has 2 heterocycles. The largest absolute Gasteiger partial charge is 0.481 e. The predicted octanol–water partition coefficient (Wildman–Crippen LogP) is 0.517. The van der Waals surface area contributed by atoms with Crippen molar-refractivity contribution in [1.82, 2.24) is 9.80 Å². The summed E-state index contributed by atoms with van der Waals surface area (Å²) in [5, 5.41) is 17.7. The van der Waals surface area contributed by atoms with Crippen molar-refractivity contribution in [2.75, 3.05) is 32.8 Å². The lowest BCUT2D eigenvalue weighted by Crippen LogP contribution is -2.53. The molecule has 0 spiro atoms. The Kier molecular flexibility index (Phi) is 4.79. The van der Waals surface area contributed by atoms with E-state index in [2.05, 4.69) is 0 Å². The summed E-state index contributed by atoms with van der Waals surface area (Å²) in [7, 11) is 0. The number of carbonyl (C=O) groups is 2. The monoisotopic (exact) mass is 281 g/mol. The molecule has 110 valence electrons. The number of likely N-dealkylation sites (tertiary alicyclic amines) is 1. The van der Waals surface area contributed by atoms with Gasteiger partial charge in [0.15, 0.2) is 6.10 Å². The SMILES string of the molecule is N#CC1CN(C(=O)N2CCCC(CC(=O)O)C2)CCO1. The van der Waals surface area contributed by atoms with E-state index >= 15 is 0 Å². The van der Waals surface area contributed by atoms with Crippen LogP contribution in [0, 0.1) is 17.2 Å². The minimum atomic E-state index is -0.819. The molecule has 2 atom stereocenters. The number of hydrogen-bond acceptors (Lipinski definition) is 4. The number of amides is 2. The number of urea groups is 1. The zero-order chi connectivity index (χ0) is 14.5. The van der Waals surface area contributed by atoms with Gasteiger partial charge in [0.1, 0.15) is 0 Å². The first-order valence-corrected chi connectivity index (χ1v) is 6.87. The Balaban J connectivity index is 1.91. The van der Waals surface area contributed by atoms with Gasteiger partial charge in [0.25, 0.3) is 0 Å². The van der Waals surface area contributed by atoms with Crippen LogP contribution in [0.25, 0.3) is 0 Å². The summed E-state index contributed by atoms with van der Waals surface area (Å²) in [6.07, 6.45) is 1.22. The quantitative estimate of drug-likeness (QED) is 0.796. The molecule has 0 radical (unpaired) electrons. The highest BCUT2D eigenvalue weighted by Crippen LogP contribution is 2.21. The first-order chi connectivity index (χ1) is 9.60. The van der Waals surface area contributed by atoms with E-state index in [4.69, 9.17) is 15.1 Å². The van der Waals surface area contributed by atoms with E-state index in [0.717, 1.165) is 12.8 Å². The Bertz CT molecular complexity index is 420. The van der Waals surface area contributed by atoms with Crippen LogP contribution in [-0.2, 0) is 9.53 Å². The maximum absolute atomic E-state index is 12.4. The molecule has 2 rings (SSSR count). The van der Waals surface area contributed by atoms with Crippen LogP contribution in [0.5, 0.6) is 0 Å². The van der Waals surface area contributed by atoms with Crippen LogP contribution in [0.3, 0.4) is 0 Å². The zero-order valence-corrected chi connectivity index (χ0v) is 11.3. The molecule has 0 saturated carbocycles. The van der Waals surface area contributed by atoms with Gasteiger partial charge in [0, 0.05) is 26.1 Å². The molecule has 0 aliphatic carbocycles. The van der Waals surface area contributed by atoms with Crippen molar-refractivity contribution in [2.45, 2.75) is 25.4 Å². The lowest BCUT2D eigenvalue weighted by molar-refractivity contribution is -0.138. The van der Waals surface area contributed by atoms with Crippen LogP contribution in [0.1, 0.15) is 19.3 Å². The van der Waals surface area contributed by atoms with Crippen LogP contribution >= 0.6 is 0 Å². The average Bonchev–Trinajstić information content (AvgIpc) is 2.46. The number of carboxylic acids is 1. The van der Waals surface area contributed by atoms with Crippen molar-refractivity contribution in [1.29, 1.82) is 5.26 Å². The van der Waals surface area contributed by atoms with E-state index in [-0.39, 0.29) is 24.9 Å². The maximum atomic E-state index is 12.4. The number of hydrogen-bond donors (Lipinski definition) is 1. The van der Waals surface area contributed by atoms with Crippen LogP contribution in [0.2, 0.25) is 0 Å². The summed E-state index contributed by atoms with van der Waals surface area (Å²) in [6, 6.07) is 1.91. The Morgan fingerprint density at radius 1 is 1.30 bits per heavy atom. The number of piperidine rings is 1. The maximum Gasteiger partial charge on any atom is 0.320 e. The van der Waals surface area contributed by atoms with Crippen molar-refractivity contribution in [2.24, 2.45) is 5.92 Å². The van der Waals surface area contributed by atoms with E-state index in [1.165, 1.54) is 0 Å². The highest BCUT2D eigenvalue weighted by Gasteiger charge is 2.31. The van der Waals surface area contributed by atoms with Crippen LogP contribution in [0.15, 0.2) is 0 Å². The third-order valence-corrected chi connectivity index (χ3v) is 3.73. The normalized spacial score (nSPS) is 26.9. The molecule has 2 saturated heterocycles. The molecule has 20 heavy (non-hydrogen) atoms. The highest BCUT2D eigenvalue weighted by atomic mass is 16.5. The van der Waals surface area contributed by atoms with Gasteiger partial charge in [-0.15, -0.1) is 0 Å². The van der Waals surface area contributed by atoms with Gasteiger partial charge in [-0.2, -0.15) is 5.26 Å². The Labute approximate surface area is 117 Å². The lowest BCUT2D eigenvalue weighted by atomic mass is 9.95. The van der Waals surface area contributed by atoms with Gasteiger partial charge >= 0.3 is 12.0 Å². The zero-order valence-electron chi connectivity index (χ0n) is 11.3. The number of morpholine rings is 1. The number of nitrogens with zero attached hydrogens (tertiary/aromatic N) is 3. The highest BCUT2D eigenvalue weighted by molar-refractivity contribution is 5.75. The van der Waals surface area contributed by atoms with E-state index in [9.17, 15) is 9.59 Å². The summed E-state index contributed by atoms with van der Waals surface area (Å²) in [6.45, 7) is 2.28. The van der Waals surface area contributed by atoms with Gasteiger partial charge in [-0.1, -0.05) is 0 Å². The van der Waals surface area contributed by atoms with Crippen molar-refractivity contribution in [3.05, 3.63) is 0 Å². The molecular formula is C13H19N3O4. The Morgan fingerprint density at radius 2 is 2.05 bits per heavy atom. The van der Waals surface area contributed by atoms with E-state index in [0.29, 0.717) is 26.2 Å². The third-order valence-electron chi connectivity index (χ3n) is 3.73. The molecule has 2 unspecified atom stereocenters. The second kappa shape index (κ2) is 6.57. The molecule has 2 aliphatic rings. The molecule has 7 nitrogen and oxygen atoms in total. The predicted molar refractivity (Wildman–Crippen MR) is 68.9 cm³/mol. The molecule has 0 bridgehead atoms. The standard InChI is InChI=1S/C13H19N3O4/c14-7-11-9-16(4-5-20-11)13(19)15-3-1-2-10(8-15)6-12(17)18/h10-11H,1-6,8-9H2,(H,17,18). The minimum Gasteiger partial charge on any atom is -0.481 e. The van der Waals surface area contributed by atoms with Crippen LogP contribution in [-0.4, -0.2) is 65.8 Å². The summed E-state index contributed by atoms with van der Waals surface area (Å²) in [4.78, 5) is 26.5. The van der Waals surface area contributed by atoms with Crippen LogP contribution in [0.4, 0.5) is 4.79 Å². The first-order valence-electron chi connectivity index (χ1n) is 6.87. The van der Waals surface area contributed by atoms with Gasteiger partial charge in [-0.25, -0.2) is 4.79 Å². The first kappa shape index (κ1) is 14.6. The lowest BCUT2D eigenvalue weighted by Gasteiger charge is -2.38. The number of nitriles is 1. The van der Waals surface area contributed by atoms with Gasteiger partial charge < -0.3 is 19.6 Å². The molecule has 2 fully saturated rings. The molecular weight excluding hydrogens is 262 g/mol. The minimum absolute atomic E-state index is 0.0259. The topological polar surface area (TPSA) is 93.9 Å². The smallest absolute Gasteiger partial charge is 0.320 e. The Hall–Kier alpha value is -1.81. The van der Waals surface area contributed by atoms with Gasteiger partial charge in [-0.3, -0.25) is 4.79 Å². The molecule has 2 aliphatic heterocycles. The van der Waals surface area contributed by atoms with Crippen molar-refractivity contribution >= 4 is 12.0 Å². The third kappa shape index (κ3) is 3.61. The van der Waals surface area contributed by atoms with Gasteiger partial charge in [0.2, 0.25) is 0 Å². The molecule has 2 amide bonds. The molecule has 0 aromatic heterocycles. The molecule has 0 aromatic carbocycles. The number of ether oxygens (including phenoxy) is 1. The van der Waals surface area contributed by atoms with E-state index in [1.54, 1.807) is 9.80 Å². The van der Waals surface area contributed by atoms with Gasteiger partial charge in [0.05, 0.1) is 19.2 Å². The second-order valence-corrected chi connectivity index (χ2v) is 5.27. The summed E-state index contributed by atoms with van der Waals surface area (Å²) in [5.74, 6) is -0.793. The van der Waals surface area contributed by atoms with E-state index < -0.39 is 12.1 Å². The fraction of sp³-hybridized carbons (Fsp3) is 0.769. The number of carbonyl (C=O) groups excluding carboxylic acids is 1. The van der Waals surface area contributed by atoms with Gasteiger partial charge in [-0.05, 0) is 18.8 Å². The van der Waals surface area contributed by atoms with Crippen molar-refractivity contribution in [3.63, 3.8) is 0 Å². The number of carboxylic acid groups (broad SMARTS) is 1. The van der Waals surface area contributed by atoms with E-state index in [1.807, 2.05) is 6.07 Å². The average molecular weight is 281 g/mol. The molecule has 1 N–H and O–H groups in total. The number of rotatable bonds is 2. The summed E-state index contributed by atoms with van der Waals surface area (Å²) < 4.78 is 5.22. The van der Waals surface area contributed by atoms with Crippen LogP contribution < -0.4 is 0 Å². The summed E-state index contributed by atoms with van der Waals surface area (Å²) in [5.41, 5.74) is 0. The molecule has 0 aromatic rings. The molecule has 7 heteroatoms. The van der Waals surface area contributed by atoms with Crippen molar-refractivity contribution < 1.29 is 19.4 Å². The van der Waals surface area contributed by atoms with Crippen molar-refractivity contribution in [3.8, 4) is 6.07 Å². The fourth-order valence-corrected chi connectivity index (χ4v) is 2.75. The number of aliphatic carboxylic acids is 1. The second-order valence-electron chi connectivity index (χ2n) is 5.27. The Morgan fingerprint density at radius 3 is 2.75 bits per heavy atom. The fourth-order valence-electron chi connectivity index (χ4n) is 2.75. The summed E-state index contributed by atoms with van der Waals surface area (Å²) >= 11 is 0.